The molecule has 18 heavy (non-hydrogen) atoms. The highest BCUT2D eigenvalue weighted by Gasteiger charge is 2.33. The number of nitrogens with one attached hydrogen (secondary N) is 1. The van der Waals surface area contributed by atoms with E-state index in [-0.39, 0.29) is 31.4 Å². The summed E-state index contributed by atoms with van der Waals surface area (Å²) in [5.41, 5.74) is 1.42. The zero-order valence-corrected chi connectivity index (χ0v) is 12.0. The predicted molar refractivity (Wildman–Crippen MR) is 75.4 cm³/mol. The summed E-state index contributed by atoms with van der Waals surface area (Å²) in [5.74, 6) is 0. The zero-order valence-electron chi connectivity index (χ0n) is 10.3. The molecule has 0 radical (unpaired) electrons. The number of piperidine rings is 1. The maximum Gasteiger partial charge on any atom is 0.0939 e. The summed E-state index contributed by atoms with van der Waals surface area (Å²) in [6.07, 6.45) is 1.34. The van der Waals surface area contributed by atoms with Crippen LogP contribution in [0.2, 0.25) is 0 Å². The Morgan fingerprint density at radius 1 is 1.28 bits per heavy atom. The van der Waals surface area contributed by atoms with Crippen LogP contribution in [-0.2, 0) is 12.2 Å². The number of halogens is 2. The number of aryl methyl sites for hydroxylation is 1. The molecule has 0 spiro atoms. The Morgan fingerprint density at radius 2 is 1.89 bits per heavy atom. The van der Waals surface area contributed by atoms with Crippen molar-refractivity contribution >= 4 is 24.8 Å². The van der Waals surface area contributed by atoms with Gasteiger partial charge in [0.15, 0.2) is 0 Å². The maximum absolute atomic E-state index is 10.6. The zero-order chi connectivity index (χ0) is 11.6. The minimum absolute atomic E-state index is 0. The van der Waals surface area contributed by atoms with Crippen LogP contribution in [0.1, 0.15) is 29.8 Å². The molecule has 0 aliphatic carbocycles. The first kappa shape index (κ1) is 17.6. The molecule has 0 bridgehead atoms. The van der Waals surface area contributed by atoms with Crippen LogP contribution in [0.25, 0.3) is 0 Å². The number of rotatable bonds is 2. The highest BCUT2D eigenvalue weighted by atomic mass is 35.5. The van der Waals surface area contributed by atoms with Crippen LogP contribution >= 0.6 is 24.8 Å². The van der Waals surface area contributed by atoms with E-state index in [1.54, 1.807) is 0 Å². The fourth-order valence-electron chi connectivity index (χ4n) is 2.26. The third kappa shape index (κ3) is 3.56. The molecule has 0 saturated carbocycles. The van der Waals surface area contributed by atoms with Gasteiger partial charge in [0.05, 0.1) is 17.9 Å². The summed E-state index contributed by atoms with van der Waals surface area (Å²) in [4.78, 5) is 4.28. The molecule has 1 fully saturated rings. The van der Waals surface area contributed by atoms with Crippen LogP contribution in [0, 0.1) is 6.92 Å². The van der Waals surface area contributed by atoms with Gasteiger partial charge in [-0.2, -0.15) is 0 Å². The van der Waals surface area contributed by atoms with Gasteiger partial charge in [-0.15, -0.1) is 24.8 Å². The van der Waals surface area contributed by atoms with Gasteiger partial charge in [0, 0.05) is 11.3 Å². The van der Waals surface area contributed by atoms with Gasteiger partial charge in [0.25, 0.3) is 0 Å². The van der Waals surface area contributed by atoms with E-state index in [4.69, 9.17) is 0 Å². The molecular weight excluding hydrogens is 275 g/mol. The van der Waals surface area contributed by atoms with E-state index in [1.807, 2.05) is 19.1 Å². The van der Waals surface area contributed by atoms with Crippen LogP contribution in [0.15, 0.2) is 12.1 Å². The fraction of sp³-hybridized carbons (Fsp3) is 0.583. The molecular formula is C12H20Cl2N2O2. The second-order valence-corrected chi connectivity index (χ2v) is 4.39. The summed E-state index contributed by atoms with van der Waals surface area (Å²) in [6.45, 7) is 3.37. The summed E-state index contributed by atoms with van der Waals surface area (Å²) in [5, 5.41) is 23.1. The van der Waals surface area contributed by atoms with Gasteiger partial charge in [-0.05, 0) is 38.9 Å². The molecule has 1 aliphatic rings. The van der Waals surface area contributed by atoms with Crippen molar-refractivity contribution in [1.29, 1.82) is 0 Å². The predicted octanol–water partition coefficient (Wildman–Crippen LogP) is 1.30. The molecule has 0 atom stereocenters. The Hall–Kier alpha value is -0.390. The van der Waals surface area contributed by atoms with E-state index in [9.17, 15) is 10.2 Å². The molecule has 1 saturated heterocycles. The van der Waals surface area contributed by atoms with Crippen molar-refractivity contribution in [3.05, 3.63) is 29.1 Å². The van der Waals surface area contributed by atoms with Gasteiger partial charge >= 0.3 is 0 Å². The first-order valence-corrected chi connectivity index (χ1v) is 5.67. The minimum Gasteiger partial charge on any atom is -0.390 e. The summed E-state index contributed by atoms with van der Waals surface area (Å²) >= 11 is 0. The average molecular weight is 295 g/mol. The Morgan fingerprint density at radius 3 is 2.44 bits per heavy atom. The third-order valence-electron chi connectivity index (χ3n) is 3.20. The Kier molecular flexibility index (Phi) is 7.10. The van der Waals surface area contributed by atoms with Crippen LogP contribution in [0.3, 0.4) is 0 Å². The number of hydrogen-bond acceptors (Lipinski definition) is 4. The van der Waals surface area contributed by atoms with Gasteiger partial charge in [-0.3, -0.25) is 4.98 Å². The van der Waals surface area contributed by atoms with Crippen molar-refractivity contribution in [1.82, 2.24) is 10.3 Å². The Labute approximate surface area is 120 Å². The quantitative estimate of drug-likeness (QED) is 0.769. The summed E-state index contributed by atoms with van der Waals surface area (Å²) in [7, 11) is 0. The minimum atomic E-state index is -0.829. The monoisotopic (exact) mass is 294 g/mol. The summed E-state index contributed by atoms with van der Waals surface area (Å²) in [6, 6.07) is 3.77. The van der Waals surface area contributed by atoms with Crippen LogP contribution in [0.4, 0.5) is 0 Å². The van der Waals surface area contributed by atoms with Crippen molar-refractivity contribution in [3.8, 4) is 0 Å². The topological polar surface area (TPSA) is 65.4 Å². The molecule has 1 aromatic heterocycles. The van der Waals surface area contributed by atoms with E-state index in [0.717, 1.165) is 24.3 Å². The lowest BCUT2D eigenvalue weighted by atomic mass is 9.84. The largest absolute Gasteiger partial charge is 0.390 e. The molecule has 4 nitrogen and oxygen atoms in total. The van der Waals surface area contributed by atoms with Crippen molar-refractivity contribution in [2.45, 2.75) is 32.0 Å². The highest BCUT2D eigenvalue weighted by Crippen LogP contribution is 2.32. The van der Waals surface area contributed by atoms with Crippen molar-refractivity contribution < 1.29 is 10.2 Å². The molecule has 2 rings (SSSR count). The number of aliphatic hydroxyl groups is 2. The normalized spacial score (nSPS) is 17.5. The standard InChI is InChI=1S/C12H18N2O2.2ClH/c1-9-2-3-10(11(8-15)14-9)12(16)4-6-13-7-5-12;;/h2-3,13,15-16H,4-8H2,1H3;2*1H. The van der Waals surface area contributed by atoms with E-state index >= 15 is 0 Å². The maximum atomic E-state index is 10.6. The van der Waals surface area contributed by atoms with Gasteiger partial charge in [0.1, 0.15) is 0 Å². The van der Waals surface area contributed by atoms with Gasteiger partial charge in [-0.1, -0.05) is 6.07 Å². The first-order chi connectivity index (χ1) is 7.65. The fourth-order valence-corrected chi connectivity index (χ4v) is 2.26. The molecule has 0 amide bonds. The van der Waals surface area contributed by atoms with Gasteiger partial charge in [0.2, 0.25) is 0 Å². The molecule has 3 N–H and O–H groups in total. The van der Waals surface area contributed by atoms with E-state index in [2.05, 4.69) is 10.3 Å². The SMILES string of the molecule is Cc1ccc(C2(O)CCNCC2)c(CO)n1.Cl.Cl. The van der Waals surface area contributed by atoms with Gasteiger partial charge < -0.3 is 15.5 Å². The van der Waals surface area contributed by atoms with Crippen molar-refractivity contribution in [3.63, 3.8) is 0 Å². The van der Waals surface area contributed by atoms with Crippen molar-refractivity contribution in [2.24, 2.45) is 0 Å². The number of hydrogen-bond donors (Lipinski definition) is 3. The smallest absolute Gasteiger partial charge is 0.0939 e. The lowest BCUT2D eigenvalue weighted by Gasteiger charge is -2.34. The molecule has 0 unspecified atom stereocenters. The Bertz CT molecular complexity index is 382. The molecule has 0 aromatic carbocycles. The lowest BCUT2D eigenvalue weighted by molar-refractivity contribution is 0.00368. The second kappa shape index (κ2) is 7.26. The third-order valence-corrected chi connectivity index (χ3v) is 3.20. The van der Waals surface area contributed by atoms with E-state index in [1.165, 1.54) is 0 Å². The lowest BCUT2D eigenvalue weighted by Crippen LogP contribution is -2.40. The molecule has 1 aromatic rings. The second-order valence-electron chi connectivity index (χ2n) is 4.39. The molecule has 2 heterocycles. The highest BCUT2D eigenvalue weighted by molar-refractivity contribution is 5.85. The molecule has 1 aliphatic heterocycles. The number of nitrogens with zero attached hydrogens (tertiary/aromatic N) is 1. The van der Waals surface area contributed by atoms with E-state index < -0.39 is 5.60 Å². The van der Waals surface area contributed by atoms with Crippen LogP contribution in [-0.4, -0.2) is 28.3 Å². The number of aliphatic hydroxyl groups excluding tert-OH is 1. The van der Waals surface area contributed by atoms with Crippen molar-refractivity contribution in [2.75, 3.05) is 13.1 Å². The first-order valence-electron chi connectivity index (χ1n) is 5.67. The van der Waals surface area contributed by atoms with E-state index in [0.29, 0.717) is 18.5 Å². The van der Waals surface area contributed by atoms with Crippen LogP contribution in [0.5, 0.6) is 0 Å². The molecule has 6 heteroatoms. The average Bonchev–Trinajstić information content (AvgIpc) is 2.29. The number of aromatic nitrogens is 1. The molecule has 104 valence electrons. The van der Waals surface area contributed by atoms with Gasteiger partial charge in [-0.25, -0.2) is 0 Å². The Balaban J connectivity index is 0.00000144. The number of pyridine rings is 1. The summed E-state index contributed by atoms with van der Waals surface area (Å²) < 4.78 is 0. The van der Waals surface area contributed by atoms with Crippen LogP contribution < -0.4 is 5.32 Å².